The summed E-state index contributed by atoms with van der Waals surface area (Å²) in [5, 5.41) is 6.28. The zero-order valence-electron chi connectivity index (χ0n) is 10.1. The fraction of sp³-hybridized carbons (Fsp3) is 0.500. The third kappa shape index (κ3) is 4.86. The van der Waals surface area contributed by atoms with Crippen LogP contribution in [0, 0.1) is 0 Å². The third-order valence-electron chi connectivity index (χ3n) is 2.34. The molecule has 1 aromatic carbocycles. The van der Waals surface area contributed by atoms with Crippen LogP contribution in [0.4, 0.5) is 18.9 Å². The molecule has 0 atom stereocenters. The van der Waals surface area contributed by atoms with Crippen molar-refractivity contribution in [2.45, 2.75) is 19.5 Å². The van der Waals surface area contributed by atoms with Crippen LogP contribution in [0.15, 0.2) is 22.7 Å². The molecule has 0 aliphatic carbocycles. The lowest BCUT2D eigenvalue weighted by Crippen LogP contribution is -2.22. The van der Waals surface area contributed by atoms with E-state index in [1.54, 1.807) is 0 Å². The first-order valence-electron chi connectivity index (χ1n) is 5.76. The molecule has 0 fully saturated rings. The molecule has 2 nitrogen and oxygen atoms in total. The van der Waals surface area contributed by atoms with Gasteiger partial charge in [-0.05, 0) is 47.1 Å². The molecule has 2 N–H and O–H groups in total. The van der Waals surface area contributed by atoms with E-state index in [1.165, 1.54) is 6.07 Å². The van der Waals surface area contributed by atoms with Gasteiger partial charge in [0, 0.05) is 23.2 Å². The van der Waals surface area contributed by atoms with Crippen molar-refractivity contribution in [1.29, 1.82) is 0 Å². The van der Waals surface area contributed by atoms with Crippen LogP contribution in [0.1, 0.15) is 18.9 Å². The van der Waals surface area contributed by atoms with Gasteiger partial charge in [0.15, 0.2) is 0 Å². The Hall–Kier alpha value is -0.750. The van der Waals surface area contributed by atoms with Gasteiger partial charge in [-0.3, -0.25) is 0 Å². The highest BCUT2D eigenvalue weighted by molar-refractivity contribution is 9.10. The van der Waals surface area contributed by atoms with E-state index in [2.05, 4.69) is 33.5 Å². The second kappa shape index (κ2) is 6.99. The van der Waals surface area contributed by atoms with Crippen LogP contribution in [0.2, 0.25) is 0 Å². The number of nitrogens with one attached hydrogen (secondary N) is 2. The molecule has 1 aromatic rings. The van der Waals surface area contributed by atoms with Gasteiger partial charge in [0.2, 0.25) is 0 Å². The van der Waals surface area contributed by atoms with E-state index in [0.717, 1.165) is 31.6 Å². The first kappa shape index (κ1) is 15.3. The standard InChI is InChI=1S/C12H16BrF3N2/c1-2-5-17-6-7-18-11-4-3-9(8-10(11)13)12(14,15)16/h3-4,8,17-18H,2,5-7H2,1H3. The lowest BCUT2D eigenvalue weighted by molar-refractivity contribution is -0.137. The topological polar surface area (TPSA) is 24.1 Å². The summed E-state index contributed by atoms with van der Waals surface area (Å²) >= 11 is 3.14. The number of rotatable bonds is 6. The van der Waals surface area contributed by atoms with E-state index in [0.29, 0.717) is 16.7 Å². The summed E-state index contributed by atoms with van der Waals surface area (Å²) < 4.78 is 37.7. The highest BCUT2D eigenvalue weighted by Crippen LogP contribution is 2.33. The van der Waals surface area contributed by atoms with Crippen molar-refractivity contribution in [1.82, 2.24) is 5.32 Å². The van der Waals surface area contributed by atoms with Crippen LogP contribution in [0.3, 0.4) is 0 Å². The largest absolute Gasteiger partial charge is 0.416 e. The summed E-state index contributed by atoms with van der Waals surface area (Å²) in [5.41, 5.74) is 0.0188. The second-order valence-corrected chi connectivity index (χ2v) is 4.72. The molecule has 102 valence electrons. The lowest BCUT2D eigenvalue weighted by atomic mass is 10.2. The van der Waals surface area contributed by atoms with E-state index in [9.17, 15) is 13.2 Å². The molecule has 0 aliphatic heterocycles. The highest BCUT2D eigenvalue weighted by Gasteiger charge is 2.30. The van der Waals surface area contributed by atoms with Crippen LogP contribution >= 0.6 is 15.9 Å². The normalized spacial score (nSPS) is 11.6. The number of halogens is 4. The zero-order chi connectivity index (χ0) is 13.6. The summed E-state index contributed by atoms with van der Waals surface area (Å²) in [4.78, 5) is 0. The molecule has 1 rings (SSSR count). The lowest BCUT2D eigenvalue weighted by Gasteiger charge is -2.12. The molecule has 0 bridgehead atoms. The first-order valence-corrected chi connectivity index (χ1v) is 6.55. The van der Waals surface area contributed by atoms with Crippen LogP contribution < -0.4 is 10.6 Å². The monoisotopic (exact) mass is 324 g/mol. The average molecular weight is 325 g/mol. The third-order valence-corrected chi connectivity index (χ3v) is 3.00. The summed E-state index contributed by atoms with van der Waals surface area (Å²) in [5.74, 6) is 0. The Morgan fingerprint density at radius 2 is 1.89 bits per heavy atom. The van der Waals surface area contributed by atoms with Gasteiger partial charge in [0.1, 0.15) is 0 Å². The molecule has 0 saturated heterocycles. The van der Waals surface area contributed by atoms with Gasteiger partial charge in [0.25, 0.3) is 0 Å². The fourth-order valence-corrected chi connectivity index (χ4v) is 1.94. The smallest absolute Gasteiger partial charge is 0.383 e. The molecule has 0 unspecified atom stereocenters. The van der Waals surface area contributed by atoms with Crippen LogP contribution in [0.5, 0.6) is 0 Å². The quantitative estimate of drug-likeness (QED) is 0.776. The van der Waals surface area contributed by atoms with Crippen molar-refractivity contribution in [3.05, 3.63) is 28.2 Å². The Kier molecular flexibility index (Phi) is 5.95. The molecule has 0 aliphatic rings. The van der Waals surface area contributed by atoms with E-state index in [-0.39, 0.29) is 0 Å². The van der Waals surface area contributed by atoms with Crippen LogP contribution in [-0.4, -0.2) is 19.6 Å². The van der Waals surface area contributed by atoms with Crippen molar-refractivity contribution >= 4 is 21.6 Å². The van der Waals surface area contributed by atoms with Gasteiger partial charge >= 0.3 is 6.18 Å². The second-order valence-electron chi connectivity index (χ2n) is 3.87. The Bertz CT molecular complexity index is 380. The molecule has 0 aromatic heterocycles. The van der Waals surface area contributed by atoms with Crippen LogP contribution in [-0.2, 0) is 6.18 Å². The molecular weight excluding hydrogens is 309 g/mol. The average Bonchev–Trinajstić information content (AvgIpc) is 2.29. The van der Waals surface area contributed by atoms with Crippen molar-refractivity contribution in [2.75, 3.05) is 25.0 Å². The first-order chi connectivity index (χ1) is 8.45. The van der Waals surface area contributed by atoms with E-state index in [4.69, 9.17) is 0 Å². The predicted molar refractivity (Wildman–Crippen MR) is 70.8 cm³/mol. The molecule has 0 spiro atoms. The van der Waals surface area contributed by atoms with Crippen molar-refractivity contribution in [2.24, 2.45) is 0 Å². The van der Waals surface area contributed by atoms with E-state index < -0.39 is 11.7 Å². The molecule has 0 heterocycles. The Morgan fingerprint density at radius 3 is 2.44 bits per heavy atom. The number of alkyl halides is 3. The molecule has 0 saturated carbocycles. The van der Waals surface area contributed by atoms with Gasteiger partial charge in [-0.1, -0.05) is 6.92 Å². The van der Waals surface area contributed by atoms with Gasteiger partial charge in [-0.2, -0.15) is 13.2 Å². The predicted octanol–water partition coefficient (Wildman–Crippen LogP) is 3.88. The maximum Gasteiger partial charge on any atom is 0.416 e. The Balaban J connectivity index is 2.53. The van der Waals surface area contributed by atoms with Gasteiger partial charge in [-0.15, -0.1) is 0 Å². The van der Waals surface area contributed by atoms with Crippen molar-refractivity contribution in [3.63, 3.8) is 0 Å². The minimum absolute atomic E-state index is 0.424. The maximum absolute atomic E-state index is 12.4. The number of anilines is 1. The Labute approximate surface area is 113 Å². The molecule has 6 heteroatoms. The van der Waals surface area contributed by atoms with Gasteiger partial charge < -0.3 is 10.6 Å². The SMILES string of the molecule is CCCNCCNc1ccc(C(F)(F)F)cc1Br. The number of benzene rings is 1. The van der Waals surface area contributed by atoms with Crippen LogP contribution in [0.25, 0.3) is 0 Å². The molecule has 0 radical (unpaired) electrons. The summed E-state index contributed by atoms with van der Waals surface area (Å²) in [7, 11) is 0. The maximum atomic E-state index is 12.4. The summed E-state index contributed by atoms with van der Waals surface area (Å²) in [6.45, 7) is 4.47. The van der Waals surface area contributed by atoms with Gasteiger partial charge in [0.05, 0.1) is 5.56 Å². The molecule has 18 heavy (non-hydrogen) atoms. The zero-order valence-corrected chi connectivity index (χ0v) is 11.7. The van der Waals surface area contributed by atoms with Crippen molar-refractivity contribution < 1.29 is 13.2 Å². The van der Waals surface area contributed by atoms with E-state index >= 15 is 0 Å². The summed E-state index contributed by atoms with van der Waals surface area (Å²) in [6.07, 6.45) is -3.24. The molecular formula is C12H16BrF3N2. The number of hydrogen-bond donors (Lipinski definition) is 2. The minimum Gasteiger partial charge on any atom is -0.383 e. The molecule has 0 amide bonds. The summed E-state index contributed by atoms with van der Waals surface area (Å²) in [6, 6.07) is 3.60. The van der Waals surface area contributed by atoms with Gasteiger partial charge in [-0.25, -0.2) is 0 Å². The number of hydrogen-bond acceptors (Lipinski definition) is 2. The van der Waals surface area contributed by atoms with E-state index in [1.807, 2.05) is 0 Å². The minimum atomic E-state index is -4.30. The fourth-order valence-electron chi connectivity index (χ4n) is 1.42. The highest BCUT2D eigenvalue weighted by atomic mass is 79.9. The Morgan fingerprint density at radius 1 is 1.17 bits per heavy atom. The van der Waals surface area contributed by atoms with Crippen molar-refractivity contribution in [3.8, 4) is 0 Å².